The van der Waals surface area contributed by atoms with E-state index in [2.05, 4.69) is 24.3 Å². The van der Waals surface area contributed by atoms with Crippen molar-refractivity contribution in [2.45, 2.75) is 63.8 Å². The summed E-state index contributed by atoms with van der Waals surface area (Å²) in [4.78, 5) is 29.7. The zero-order chi connectivity index (χ0) is 49.9. The molecule has 6 heterocycles. The van der Waals surface area contributed by atoms with Gasteiger partial charge in [-0.15, -0.1) is 0 Å². The molecule has 6 aromatic rings. The van der Waals surface area contributed by atoms with E-state index in [0.29, 0.717) is 40.9 Å². The van der Waals surface area contributed by atoms with Gasteiger partial charge in [0.25, 0.3) is 0 Å². The maximum atomic E-state index is 14.0. The second-order valence-corrected chi connectivity index (χ2v) is 20.1. The molecule has 0 spiro atoms. The highest BCUT2D eigenvalue weighted by Crippen LogP contribution is 2.38. The Morgan fingerprint density at radius 2 is 0.892 bits per heavy atom. The van der Waals surface area contributed by atoms with Gasteiger partial charge >= 0.3 is 12.2 Å². The number of quaternary nitrogens is 2. The number of hydrogen-bond donors (Lipinski definition) is 0. The second-order valence-electron chi connectivity index (χ2n) is 20.1. The number of halogens is 6. The van der Waals surface area contributed by atoms with Crippen molar-refractivity contribution in [3.63, 3.8) is 0 Å². The monoisotopic (exact) mass is 1140 g/mol. The third-order valence-corrected chi connectivity index (χ3v) is 15.2. The topological polar surface area (TPSA) is 68.3 Å². The van der Waals surface area contributed by atoms with E-state index < -0.39 is 23.8 Å². The maximum absolute atomic E-state index is 14.0. The van der Waals surface area contributed by atoms with Crippen molar-refractivity contribution < 1.29 is 84.3 Å². The van der Waals surface area contributed by atoms with E-state index in [-0.39, 0.29) is 70.9 Å². The SMILES string of the molecule is O=C(O[C@H]1C[N+]2(CCCc3ccccc3)CCC1CC2)N(Cc1cccc(F)c1)c1cccc(F)c1.O=C(O[C@H]1C[N+]2(CCOc3ccccc3)CCC1CC2)N(Cc1cccc(F)c1)c1cccc(F)c1.[Br-].[Br-]. The molecule has 6 fully saturated rings. The number of fused-ring (bicyclic) bond motifs is 6. The third-order valence-electron chi connectivity index (χ3n) is 15.2. The highest BCUT2D eigenvalue weighted by atomic mass is 79.9. The summed E-state index contributed by atoms with van der Waals surface area (Å²) in [6.45, 7) is 8.64. The molecule has 0 N–H and O–H groups in total. The minimum atomic E-state index is -0.540. The fourth-order valence-electron chi connectivity index (χ4n) is 11.3. The number of carbonyl (C=O) groups is 2. The van der Waals surface area contributed by atoms with E-state index in [4.69, 9.17) is 14.2 Å². The van der Waals surface area contributed by atoms with E-state index in [1.807, 2.05) is 36.4 Å². The standard InChI is InChI=1S/C30H33F2N2O2.C29H31F2N2O3.2BrH/c31-26-11-4-9-24(19-26)21-33(28-13-5-12-27(32)20-28)30(35)36-29-22-34(17-14-25(29)15-18-34)16-6-10-23-7-2-1-3-8-23;30-24-7-4-6-22(18-24)20-32(26-9-5-8-25(31)19-26)29(34)36-28-21-33(14-12-23(28)13-15-33)16-17-35-27-10-2-1-3-11-27;;/h1-5,7-9,11-13,19-20,25,29H,6,10,14-18,21-22H2;1-11,18-19,23,28H,12-17,20-21H2;2*1H/q2*+1;;/p-2/t25?,29-,34?;23?,28-,33?;;/m00../s1. The van der Waals surface area contributed by atoms with Crippen LogP contribution in [0.4, 0.5) is 38.5 Å². The van der Waals surface area contributed by atoms with Gasteiger partial charge < -0.3 is 57.1 Å². The normalized spacial score (nSPS) is 22.2. The minimum Gasteiger partial charge on any atom is -1.00 e. The molecule has 4 bridgehead atoms. The molecule has 6 aliphatic heterocycles. The number of anilines is 2. The third kappa shape index (κ3) is 14.8. The lowest BCUT2D eigenvalue weighted by Crippen LogP contribution is -3.00. The number of nitrogens with zero attached hydrogens (tertiary/aromatic N) is 4. The summed E-state index contributed by atoms with van der Waals surface area (Å²) in [6, 6.07) is 44.2. The lowest BCUT2D eigenvalue weighted by molar-refractivity contribution is -0.946. The number of carbonyl (C=O) groups excluding carboxylic acids is 2. The zero-order valence-corrected chi connectivity index (χ0v) is 44.6. The first-order valence-corrected chi connectivity index (χ1v) is 25.4. The molecular weight excluding hydrogens is 1080 g/mol. The van der Waals surface area contributed by atoms with Crippen LogP contribution in [0, 0.1) is 35.1 Å². The first-order chi connectivity index (χ1) is 35.0. The van der Waals surface area contributed by atoms with Gasteiger partial charge in [0.1, 0.15) is 55.3 Å². The van der Waals surface area contributed by atoms with Gasteiger partial charge in [-0.25, -0.2) is 27.2 Å². The number of amides is 2. The van der Waals surface area contributed by atoms with Crippen LogP contribution >= 0.6 is 0 Å². The van der Waals surface area contributed by atoms with Crippen LogP contribution in [-0.2, 0) is 29.0 Å². The molecule has 0 saturated carbocycles. The van der Waals surface area contributed by atoms with E-state index >= 15 is 0 Å². The number of aryl methyl sites for hydroxylation is 1. The highest BCUT2D eigenvalue weighted by Gasteiger charge is 2.49. The molecule has 15 heteroatoms. The molecule has 2 amide bonds. The first kappa shape index (κ1) is 56.0. The van der Waals surface area contributed by atoms with Crippen LogP contribution in [0.2, 0.25) is 0 Å². The van der Waals surface area contributed by atoms with E-state index in [0.717, 1.165) is 106 Å². The van der Waals surface area contributed by atoms with Gasteiger partial charge in [0.2, 0.25) is 0 Å². The molecule has 6 saturated heterocycles. The fraction of sp³-hybridized carbons (Fsp3) is 0.356. The Bertz CT molecular complexity index is 2560. The van der Waals surface area contributed by atoms with Crippen molar-refractivity contribution in [1.29, 1.82) is 0 Å². The molecule has 6 aliphatic rings. The minimum absolute atomic E-state index is 0. The van der Waals surface area contributed by atoms with Crippen molar-refractivity contribution in [1.82, 2.24) is 0 Å². The molecule has 2 atom stereocenters. The van der Waals surface area contributed by atoms with Gasteiger partial charge in [-0.3, -0.25) is 9.80 Å². The molecule has 12 rings (SSSR count). The molecule has 0 radical (unpaired) electrons. The van der Waals surface area contributed by atoms with Gasteiger partial charge in [-0.2, -0.15) is 0 Å². The Morgan fingerprint density at radius 1 is 0.486 bits per heavy atom. The zero-order valence-electron chi connectivity index (χ0n) is 41.4. The molecule has 0 aliphatic carbocycles. The molecule has 0 aromatic heterocycles. The predicted molar refractivity (Wildman–Crippen MR) is 270 cm³/mol. The predicted octanol–water partition coefficient (Wildman–Crippen LogP) is 6.15. The molecule has 0 unspecified atom stereocenters. The Labute approximate surface area is 453 Å². The van der Waals surface area contributed by atoms with E-state index in [1.54, 1.807) is 48.5 Å². The molecule has 392 valence electrons. The van der Waals surface area contributed by atoms with Gasteiger partial charge in [0.15, 0.2) is 12.2 Å². The molecular formula is C59H64Br2F4N4O5. The Morgan fingerprint density at radius 3 is 1.34 bits per heavy atom. The maximum Gasteiger partial charge on any atom is 0.415 e. The van der Waals surface area contributed by atoms with Crippen molar-refractivity contribution in [2.75, 3.05) is 68.8 Å². The average molecular weight is 1140 g/mol. The summed E-state index contributed by atoms with van der Waals surface area (Å²) in [5, 5.41) is 0. The Balaban J connectivity index is 0.000000211. The largest absolute Gasteiger partial charge is 1.00 e. The number of piperidine rings is 6. The summed E-state index contributed by atoms with van der Waals surface area (Å²) in [7, 11) is 0. The molecule has 9 nitrogen and oxygen atoms in total. The van der Waals surface area contributed by atoms with Gasteiger partial charge in [0, 0.05) is 43.9 Å². The number of para-hydroxylation sites is 1. The van der Waals surface area contributed by atoms with Gasteiger partial charge in [-0.1, -0.05) is 84.9 Å². The summed E-state index contributed by atoms with van der Waals surface area (Å²) in [6.07, 6.45) is 4.80. The number of benzene rings is 6. The molecule has 74 heavy (non-hydrogen) atoms. The second kappa shape index (κ2) is 26.2. The van der Waals surface area contributed by atoms with Crippen molar-refractivity contribution >= 4 is 23.6 Å². The van der Waals surface area contributed by atoms with E-state index in [9.17, 15) is 27.2 Å². The lowest BCUT2D eigenvalue weighted by atomic mass is 9.83. The van der Waals surface area contributed by atoms with Crippen molar-refractivity contribution in [3.05, 3.63) is 198 Å². The summed E-state index contributed by atoms with van der Waals surface area (Å²) >= 11 is 0. The first-order valence-electron chi connectivity index (χ1n) is 25.4. The quantitative estimate of drug-likeness (QED) is 0.0861. The van der Waals surface area contributed by atoms with Crippen LogP contribution in [0.25, 0.3) is 0 Å². The van der Waals surface area contributed by atoms with Gasteiger partial charge in [-0.05, 0) is 95.9 Å². The van der Waals surface area contributed by atoms with Crippen LogP contribution < -0.4 is 48.5 Å². The summed E-state index contributed by atoms with van der Waals surface area (Å²) in [5.74, 6) is -0.126. The number of ether oxygens (including phenoxy) is 3. The van der Waals surface area contributed by atoms with E-state index in [1.165, 1.54) is 63.9 Å². The number of hydrogen-bond acceptors (Lipinski definition) is 5. The van der Waals surface area contributed by atoms with Crippen molar-refractivity contribution in [3.8, 4) is 5.75 Å². The van der Waals surface area contributed by atoms with Crippen LogP contribution in [0.3, 0.4) is 0 Å². The van der Waals surface area contributed by atoms with Crippen LogP contribution in [0.1, 0.15) is 48.8 Å². The smallest absolute Gasteiger partial charge is 0.415 e. The number of rotatable bonds is 16. The van der Waals surface area contributed by atoms with Crippen LogP contribution in [0.5, 0.6) is 5.75 Å². The van der Waals surface area contributed by atoms with Crippen molar-refractivity contribution in [2.24, 2.45) is 11.8 Å². The molecule has 6 aromatic carbocycles. The highest BCUT2D eigenvalue weighted by molar-refractivity contribution is 5.88. The Kier molecular flexibility index (Phi) is 19.8. The summed E-state index contributed by atoms with van der Waals surface area (Å²) in [5.41, 5.74) is 3.36. The van der Waals surface area contributed by atoms with Crippen LogP contribution in [0.15, 0.2) is 158 Å². The fourth-order valence-corrected chi connectivity index (χ4v) is 11.3. The Hall–Kier alpha value is -5.74. The lowest BCUT2D eigenvalue weighted by Gasteiger charge is -2.52. The van der Waals surface area contributed by atoms with Crippen LogP contribution in [-0.4, -0.2) is 92.3 Å². The average Bonchev–Trinajstić information content (AvgIpc) is 3.39. The van der Waals surface area contributed by atoms with Gasteiger partial charge in [0.05, 0.1) is 57.2 Å². The summed E-state index contributed by atoms with van der Waals surface area (Å²) < 4.78 is 75.7.